The zero-order chi connectivity index (χ0) is 10.6. The van der Waals surface area contributed by atoms with Crippen LogP contribution in [0.1, 0.15) is 16.2 Å². The van der Waals surface area contributed by atoms with Gasteiger partial charge in [-0.05, 0) is 13.0 Å². The molecule has 14 heavy (non-hydrogen) atoms. The monoisotopic (exact) mass is 191 g/mol. The van der Waals surface area contributed by atoms with Crippen LogP contribution < -0.4 is 5.32 Å². The van der Waals surface area contributed by atoms with Gasteiger partial charge in [-0.2, -0.15) is 0 Å². The first-order valence-electron chi connectivity index (χ1n) is 3.90. The summed E-state index contributed by atoms with van der Waals surface area (Å²) >= 11 is 0. The van der Waals surface area contributed by atoms with Crippen LogP contribution in [0, 0.1) is 19.3 Å². The molecular formula is C9H9N3O2. The number of aryl methyl sites for hydroxylation is 1. The minimum absolute atomic E-state index is 0.0444. The van der Waals surface area contributed by atoms with E-state index in [-0.39, 0.29) is 18.2 Å². The summed E-state index contributed by atoms with van der Waals surface area (Å²) in [7, 11) is 0. The molecule has 0 unspecified atom stereocenters. The zero-order valence-electron chi connectivity index (χ0n) is 7.61. The maximum Gasteiger partial charge on any atom is 0.354 e. The Bertz CT molecular complexity index is 396. The summed E-state index contributed by atoms with van der Waals surface area (Å²) in [5.74, 6) is 1.50. The summed E-state index contributed by atoms with van der Waals surface area (Å²) in [6, 6.07) is 1.39. The van der Waals surface area contributed by atoms with Crippen LogP contribution in [-0.4, -0.2) is 27.6 Å². The van der Waals surface area contributed by atoms with Gasteiger partial charge < -0.3 is 10.4 Å². The maximum absolute atomic E-state index is 10.6. The Morgan fingerprint density at radius 2 is 2.43 bits per heavy atom. The topological polar surface area (TPSA) is 75.1 Å². The fraction of sp³-hybridized carbons (Fsp3) is 0.222. The van der Waals surface area contributed by atoms with Crippen molar-refractivity contribution < 1.29 is 9.90 Å². The van der Waals surface area contributed by atoms with Crippen LogP contribution in [0.25, 0.3) is 0 Å². The van der Waals surface area contributed by atoms with E-state index in [9.17, 15) is 4.79 Å². The van der Waals surface area contributed by atoms with Gasteiger partial charge in [0.2, 0.25) is 5.95 Å². The number of terminal acetylenes is 1. The highest BCUT2D eigenvalue weighted by atomic mass is 16.4. The summed E-state index contributed by atoms with van der Waals surface area (Å²) < 4.78 is 0. The first-order chi connectivity index (χ1) is 6.63. The van der Waals surface area contributed by atoms with E-state index in [0.717, 1.165) is 0 Å². The molecule has 2 N–H and O–H groups in total. The van der Waals surface area contributed by atoms with E-state index < -0.39 is 5.97 Å². The highest BCUT2D eigenvalue weighted by Gasteiger charge is 2.07. The predicted octanol–water partition coefficient (Wildman–Crippen LogP) is 0.528. The molecule has 5 heteroatoms. The number of aromatic nitrogens is 2. The Kier molecular flexibility index (Phi) is 3.02. The molecule has 0 amide bonds. The molecule has 0 aliphatic rings. The lowest BCUT2D eigenvalue weighted by Crippen LogP contribution is -2.09. The molecule has 0 atom stereocenters. The van der Waals surface area contributed by atoms with Crippen LogP contribution in [-0.2, 0) is 0 Å². The number of rotatable bonds is 3. The van der Waals surface area contributed by atoms with E-state index in [2.05, 4.69) is 21.2 Å². The Morgan fingerprint density at radius 1 is 1.71 bits per heavy atom. The standard InChI is InChI=1S/C9H9N3O2/c1-3-4-10-9-11-6(2)5-7(12-9)8(13)14/h1,5H,4H2,2H3,(H,13,14)(H,10,11,12). The minimum atomic E-state index is -1.08. The molecule has 0 aliphatic heterocycles. The second-order valence-electron chi connectivity index (χ2n) is 2.58. The smallest absolute Gasteiger partial charge is 0.354 e. The first-order valence-corrected chi connectivity index (χ1v) is 3.90. The molecule has 1 aromatic rings. The third-order valence-corrected chi connectivity index (χ3v) is 1.42. The molecule has 0 spiro atoms. The third kappa shape index (κ3) is 2.45. The van der Waals surface area contributed by atoms with Gasteiger partial charge in [-0.1, -0.05) is 5.92 Å². The Morgan fingerprint density at radius 3 is 3.00 bits per heavy atom. The van der Waals surface area contributed by atoms with Crippen LogP contribution in [0.3, 0.4) is 0 Å². The average Bonchev–Trinajstić information content (AvgIpc) is 2.14. The fourth-order valence-corrected chi connectivity index (χ4v) is 0.887. The molecular weight excluding hydrogens is 182 g/mol. The van der Waals surface area contributed by atoms with Gasteiger partial charge >= 0.3 is 5.97 Å². The summed E-state index contributed by atoms with van der Waals surface area (Å²) in [4.78, 5) is 18.3. The van der Waals surface area contributed by atoms with Crippen molar-refractivity contribution in [3.8, 4) is 12.3 Å². The highest BCUT2D eigenvalue weighted by Crippen LogP contribution is 2.04. The van der Waals surface area contributed by atoms with Gasteiger partial charge in [0.15, 0.2) is 5.69 Å². The number of nitrogens with one attached hydrogen (secondary N) is 1. The normalized spacial score (nSPS) is 9.14. The quantitative estimate of drug-likeness (QED) is 0.681. The lowest BCUT2D eigenvalue weighted by atomic mass is 10.3. The van der Waals surface area contributed by atoms with Gasteiger partial charge in [0.05, 0.1) is 6.54 Å². The van der Waals surface area contributed by atoms with Gasteiger partial charge in [-0.15, -0.1) is 6.42 Å². The van der Waals surface area contributed by atoms with Gasteiger partial charge in [0.25, 0.3) is 0 Å². The summed E-state index contributed by atoms with van der Waals surface area (Å²) in [6.45, 7) is 1.96. The lowest BCUT2D eigenvalue weighted by Gasteiger charge is -2.02. The van der Waals surface area contributed by atoms with Crippen LogP contribution in [0.4, 0.5) is 5.95 Å². The van der Waals surface area contributed by atoms with Crippen molar-refractivity contribution in [2.45, 2.75) is 6.92 Å². The number of anilines is 1. The maximum atomic E-state index is 10.6. The largest absolute Gasteiger partial charge is 0.477 e. The van der Waals surface area contributed by atoms with Crippen LogP contribution in [0.5, 0.6) is 0 Å². The van der Waals surface area contributed by atoms with Crippen molar-refractivity contribution in [3.63, 3.8) is 0 Å². The molecule has 0 bridgehead atoms. The van der Waals surface area contributed by atoms with Crippen LogP contribution in [0.2, 0.25) is 0 Å². The van der Waals surface area contributed by atoms with Gasteiger partial charge in [-0.3, -0.25) is 0 Å². The van der Waals surface area contributed by atoms with E-state index >= 15 is 0 Å². The summed E-state index contributed by atoms with van der Waals surface area (Å²) in [5.41, 5.74) is 0.536. The molecule has 0 saturated carbocycles. The summed E-state index contributed by atoms with van der Waals surface area (Å²) in [5, 5.41) is 11.4. The SMILES string of the molecule is C#CCNc1nc(C)cc(C(=O)O)n1. The molecule has 1 heterocycles. The first kappa shape index (κ1) is 9.99. The van der Waals surface area contributed by atoms with Gasteiger partial charge in [-0.25, -0.2) is 14.8 Å². The van der Waals surface area contributed by atoms with E-state index in [1.165, 1.54) is 6.07 Å². The Balaban J connectivity index is 2.96. The van der Waals surface area contributed by atoms with Gasteiger partial charge in [0, 0.05) is 5.69 Å². The zero-order valence-corrected chi connectivity index (χ0v) is 7.61. The minimum Gasteiger partial charge on any atom is -0.477 e. The van der Waals surface area contributed by atoms with E-state index in [1.54, 1.807) is 6.92 Å². The average molecular weight is 191 g/mol. The Labute approximate surface area is 81.2 Å². The van der Waals surface area contributed by atoms with E-state index in [0.29, 0.717) is 5.69 Å². The molecule has 1 aromatic heterocycles. The predicted molar refractivity (Wildman–Crippen MR) is 51.1 cm³/mol. The molecule has 5 nitrogen and oxygen atoms in total. The highest BCUT2D eigenvalue weighted by molar-refractivity contribution is 5.85. The van der Waals surface area contributed by atoms with Crippen LogP contribution >= 0.6 is 0 Å². The van der Waals surface area contributed by atoms with Crippen LogP contribution in [0.15, 0.2) is 6.07 Å². The molecule has 1 rings (SSSR count). The van der Waals surface area contributed by atoms with E-state index in [1.807, 2.05) is 0 Å². The van der Waals surface area contributed by atoms with E-state index in [4.69, 9.17) is 11.5 Å². The van der Waals surface area contributed by atoms with Crippen molar-refractivity contribution in [2.24, 2.45) is 0 Å². The second kappa shape index (κ2) is 4.23. The van der Waals surface area contributed by atoms with Crippen molar-refractivity contribution in [2.75, 3.05) is 11.9 Å². The number of carboxylic acid groups (broad SMARTS) is 1. The number of hydrogen-bond donors (Lipinski definition) is 2. The molecule has 0 radical (unpaired) electrons. The number of hydrogen-bond acceptors (Lipinski definition) is 4. The number of aromatic carboxylic acids is 1. The van der Waals surface area contributed by atoms with Crippen molar-refractivity contribution in [1.82, 2.24) is 9.97 Å². The van der Waals surface area contributed by atoms with Gasteiger partial charge in [0.1, 0.15) is 0 Å². The molecule has 0 aromatic carbocycles. The molecule has 72 valence electrons. The van der Waals surface area contributed by atoms with Crippen molar-refractivity contribution in [1.29, 1.82) is 0 Å². The molecule has 0 fully saturated rings. The third-order valence-electron chi connectivity index (χ3n) is 1.42. The lowest BCUT2D eigenvalue weighted by molar-refractivity contribution is 0.0690. The number of carboxylic acids is 1. The second-order valence-corrected chi connectivity index (χ2v) is 2.58. The fourth-order valence-electron chi connectivity index (χ4n) is 0.887. The van der Waals surface area contributed by atoms with Crippen molar-refractivity contribution >= 4 is 11.9 Å². The Hall–Kier alpha value is -2.09. The molecule has 0 aliphatic carbocycles. The number of nitrogens with zero attached hydrogens (tertiary/aromatic N) is 2. The number of carbonyl (C=O) groups is 1. The van der Waals surface area contributed by atoms with Crippen molar-refractivity contribution in [3.05, 3.63) is 17.5 Å². The molecule has 0 saturated heterocycles. The summed E-state index contributed by atoms with van der Waals surface area (Å²) in [6.07, 6.45) is 5.03.